The van der Waals surface area contributed by atoms with Crippen molar-refractivity contribution >= 4 is 11.2 Å². The van der Waals surface area contributed by atoms with Crippen molar-refractivity contribution in [2.75, 3.05) is 13.1 Å². The minimum atomic E-state index is -0.0269. The van der Waals surface area contributed by atoms with Crippen molar-refractivity contribution in [2.24, 2.45) is 0 Å². The fraction of sp³-hybridized carbons (Fsp3) is 0.414. The van der Waals surface area contributed by atoms with Gasteiger partial charge in [-0.05, 0) is 74.1 Å². The van der Waals surface area contributed by atoms with Crippen molar-refractivity contribution in [1.29, 1.82) is 0 Å². The molecule has 3 aromatic rings. The van der Waals surface area contributed by atoms with Crippen LogP contribution in [-0.4, -0.2) is 32.5 Å². The zero-order valence-electron chi connectivity index (χ0n) is 20.2. The van der Waals surface area contributed by atoms with Crippen molar-refractivity contribution in [2.45, 2.75) is 63.8 Å². The summed E-state index contributed by atoms with van der Waals surface area (Å²) < 4.78 is 16.6. The number of nitrogens with zero attached hydrogens (tertiary/aromatic N) is 4. The second-order valence-electron chi connectivity index (χ2n) is 10.1. The molecule has 1 fully saturated rings. The Morgan fingerprint density at radius 3 is 2.63 bits per heavy atom. The number of hydrogen-bond donors (Lipinski definition) is 0. The molecule has 0 saturated carbocycles. The summed E-state index contributed by atoms with van der Waals surface area (Å²) in [6.45, 7) is 3.51. The fourth-order valence-electron chi connectivity index (χ4n) is 6.33. The second-order valence-corrected chi connectivity index (χ2v) is 10.1. The van der Waals surface area contributed by atoms with Crippen LogP contribution in [0.15, 0.2) is 70.7 Å². The smallest absolute Gasteiger partial charge is 0.256 e. The van der Waals surface area contributed by atoms with Crippen LogP contribution in [0.4, 0.5) is 4.39 Å². The molecule has 1 unspecified atom stereocenters. The third-order valence-electron chi connectivity index (χ3n) is 8.04. The molecule has 1 atom stereocenters. The zero-order valence-corrected chi connectivity index (χ0v) is 20.2. The first-order chi connectivity index (χ1) is 17.1. The molecule has 1 saturated heterocycles. The molecule has 1 aliphatic heterocycles. The van der Waals surface area contributed by atoms with Gasteiger partial charge in [-0.15, -0.1) is 0 Å². The van der Waals surface area contributed by atoms with Gasteiger partial charge in [0.15, 0.2) is 5.65 Å². The van der Waals surface area contributed by atoms with Crippen molar-refractivity contribution in [3.8, 4) is 0 Å². The van der Waals surface area contributed by atoms with E-state index in [4.69, 9.17) is 0 Å². The molecule has 3 heterocycles. The van der Waals surface area contributed by atoms with E-state index in [9.17, 15) is 9.18 Å². The van der Waals surface area contributed by atoms with E-state index in [1.807, 2.05) is 17.6 Å². The first-order valence-electron chi connectivity index (χ1n) is 12.9. The number of hydrogen-bond acceptors (Lipinski definition) is 4. The lowest BCUT2D eigenvalue weighted by atomic mass is 9.86. The van der Waals surface area contributed by atoms with Crippen LogP contribution in [0.25, 0.3) is 11.2 Å². The Kier molecular flexibility index (Phi) is 5.75. The molecule has 2 aliphatic carbocycles. The van der Waals surface area contributed by atoms with Gasteiger partial charge in [0, 0.05) is 37.5 Å². The first kappa shape index (κ1) is 22.2. The highest BCUT2D eigenvalue weighted by molar-refractivity contribution is 5.71. The molecule has 3 aliphatic rings. The molecule has 2 aromatic heterocycles. The number of aromatic nitrogens is 3. The number of piperidine rings is 1. The zero-order chi connectivity index (χ0) is 23.9. The van der Waals surface area contributed by atoms with Crippen molar-refractivity contribution in [3.63, 3.8) is 0 Å². The highest BCUT2D eigenvalue weighted by Crippen LogP contribution is 2.37. The van der Waals surface area contributed by atoms with Crippen LogP contribution in [0.3, 0.4) is 0 Å². The number of benzene rings is 1. The fourth-order valence-corrected chi connectivity index (χ4v) is 6.33. The Labute approximate surface area is 205 Å². The maximum absolute atomic E-state index is 14.7. The van der Waals surface area contributed by atoms with Gasteiger partial charge in [-0.3, -0.25) is 14.3 Å². The van der Waals surface area contributed by atoms with Gasteiger partial charge in [0.25, 0.3) is 5.56 Å². The summed E-state index contributed by atoms with van der Waals surface area (Å²) in [6.07, 6.45) is 11.4. The molecule has 0 N–H and O–H groups in total. The normalized spacial score (nSPS) is 21.3. The minimum Gasteiger partial charge on any atom is -0.369 e. The van der Waals surface area contributed by atoms with Gasteiger partial charge < -0.3 is 4.90 Å². The predicted molar refractivity (Wildman–Crippen MR) is 136 cm³/mol. The van der Waals surface area contributed by atoms with Crippen LogP contribution >= 0.6 is 0 Å². The highest BCUT2D eigenvalue weighted by atomic mass is 19.1. The van der Waals surface area contributed by atoms with E-state index in [2.05, 4.69) is 45.2 Å². The van der Waals surface area contributed by atoms with Crippen LogP contribution in [0.2, 0.25) is 0 Å². The molecule has 5 nitrogen and oxygen atoms in total. The Morgan fingerprint density at radius 2 is 1.80 bits per heavy atom. The number of rotatable bonds is 3. The summed E-state index contributed by atoms with van der Waals surface area (Å²) in [5, 5.41) is 0. The molecule has 0 bridgehead atoms. The van der Waals surface area contributed by atoms with Crippen LogP contribution in [0.1, 0.15) is 74.1 Å². The lowest BCUT2D eigenvalue weighted by molar-refractivity contribution is 0.256. The number of pyridine rings is 1. The molecule has 0 amide bonds. The lowest BCUT2D eigenvalue weighted by Gasteiger charge is -2.37. The topological polar surface area (TPSA) is 51.0 Å². The van der Waals surface area contributed by atoms with Crippen LogP contribution in [0.5, 0.6) is 0 Å². The van der Waals surface area contributed by atoms with Crippen LogP contribution in [-0.2, 0) is 6.42 Å². The van der Waals surface area contributed by atoms with Gasteiger partial charge in [0.05, 0.1) is 11.7 Å². The van der Waals surface area contributed by atoms with E-state index in [0.29, 0.717) is 12.1 Å². The molecule has 1 aromatic carbocycles. The molecular formula is C29H31FN4O. The molecular weight excluding hydrogens is 439 g/mol. The third kappa shape index (κ3) is 3.89. The standard InChI is InChI=1S/C29H31FN4O/c1-19-6-4-10-24(30)27(19)33-16-12-21(13-17-33)23-18-25-28(32-15-14-31-25)34(29(23)35)26-11-5-8-20-7-2-3-9-22(20)26/h2-3,6-7,9,14-15,18,21,26H,4-5,8,10-13,16-17H2,1H3. The van der Waals surface area contributed by atoms with Crippen molar-refractivity contribution < 1.29 is 4.39 Å². The number of fused-ring (bicyclic) bond motifs is 2. The largest absolute Gasteiger partial charge is 0.369 e. The summed E-state index contributed by atoms with van der Waals surface area (Å²) in [6, 6.07) is 10.4. The number of halogens is 1. The lowest BCUT2D eigenvalue weighted by Crippen LogP contribution is -2.37. The van der Waals surface area contributed by atoms with Gasteiger partial charge in [0.1, 0.15) is 11.3 Å². The molecule has 35 heavy (non-hydrogen) atoms. The maximum atomic E-state index is 14.7. The van der Waals surface area contributed by atoms with Crippen LogP contribution < -0.4 is 5.56 Å². The Hall–Kier alpha value is -3.28. The van der Waals surface area contributed by atoms with E-state index in [-0.39, 0.29) is 23.3 Å². The molecule has 6 heteroatoms. The highest BCUT2D eigenvalue weighted by Gasteiger charge is 2.30. The van der Waals surface area contributed by atoms with Crippen LogP contribution in [0, 0.1) is 0 Å². The summed E-state index contributed by atoms with van der Waals surface area (Å²) in [7, 11) is 0. The van der Waals surface area contributed by atoms with Gasteiger partial charge in [0.2, 0.25) is 0 Å². The van der Waals surface area contributed by atoms with Gasteiger partial charge in [-0.1, -0.05) is 30.3 Å². The van der Waals surface area contributed by atoms with E-state index in [1.54, 1.807) is 12.4 Å². The molecule has 0 spiro atoms. The number of aryl methyl sites for hydroxylation is 1. The average molecular weight is 471 g/mol. The second kappa shape index (κ2) is 9.06. The van der Waals surface area contributed by atoms with Gasteiger partial charge in [-0.25, -0.2) is 9.37 Å². The SMILES string of the molecule is CC1=CCCC(F)=C1N1CCC(c2cc3nccnc3n(C3CCCc4ccccc43)c2=O)CC1. The summed E-state index contributed by atoms with van der Waals surface area (Å²) >= 11 is 0. The average Bonchev–Trinajstić information content (AvgIpc) is 2.89. The Morgan fingerprint density at radius 1 is 1.00 bits per heavy atom. The van der Waals surface area contributed by atoms with E-state index < -0.39 is 0 Å². The maximum Gasteiger partial charge on any atom is 0.256 e. The van der Waals surface area contributed by atoms with E-state index in [1.165, 1.54) is 11.1 Å². The van der Waals surface area contributed by atoms with Crippen molar-refractivity contribution in [3.05, 3.63) is 92.9 Å². The predicted octanol–water partition coefficient (Wildman–Crippen LogP) is 5.82. The minimum absolute atomic E-state index is 0.00255. The van der Waals surface area contributed by atoms with Gasteiger partial charge >= 0.3 is 0 Å². The van der Waals surface area contributed by atoms with E-state index >= 15 is 0 Å². The van der Waals surface area contributed by atoms with E-state index in [0.717, 1.165) is 74.0 Å². The third-order valence-corrected chi connectivity index (χ3v) is 8.04. The first-order valence-corrected chi connectivity index (χ1v) is 12.9. The van der Waals surface area contributed by atoms with Crippen molar-refractivity contribution in [1.82, 2.24) is 19.4 Å². The quantitative estimate of drug-likeness (QED) is 0.484. The summed E-state index contributed by atoms with van der Waals surface area (Å²) in [4.78, 5) is 25.5. The monoisotopic (exact) mass is 470 g/mol. The number of likely N-dealkylation sites (tertiary alicyclic amines) is 1. The number of allylic oxidation sites excluding steroid dienone is 3. The Balaban J connectivity index is 1.38. The summed E-state index contributed by atoms with van der Waals surface area (Å²) in [5.41, 5.74) is 6.66. The molecule has 0 radical (unpaired) electrons. The molecule has 6 rings (SSSR count). The summed E-state index contributed by atoms with van der Waals surface area (Å²) in [5.74, 6) is 0.134. The van der Waals surface area contributed by atoms with Gasteiger partial charge in [-0.2, -0.15) is 0 Å². The Bertz CT molecular complexity index is 1400. The molecule has 180 valence electrons.